The molecule has 0 unspecified atom stereocenters. The van der Waals surface area contributed by atoms with Crippen molar-refractivity contribution in [3.8, 4) is 28.2 Å². The fourth-order valence-electron chi connectivity index (χ4n) is 8.73. The van der Waals surface area contributed by atoms with Crippen LogP contribution in [0, 0.1) is 13.1 Å². The Labute approximate surface area is 316 Å². The number of nitrogens with zero attached hydrogens (tertiary/aromatic N) is 5. The molecule has 0 N–H and O–H groups in total. The molecular weight excluding hydrogens is 671 g/mol. The van der Waals surface area contributed by atoms with Crippen LogP contribution in [-0.4, -0.2) is 13.7 Å². The number of rotatable bonds is 4. The zero-order chi connectivity index (χ0) is 36.6. The van der Waals surface area contributed by atoms with Gasteiger partial charge in [0.2, 0.25) is 5.69 Å². The van der Waals surface area contributed by atoms with Crippen molar-refractivity contribution in [1.82, 2.24) is 13.7 Å². The Bertz CT molecular complexity index is 3420. The summed E-state index contributed by atoms with van der Waals surface area (Å²) >= 11 is 0. The van der Waals surface area contributed by atoms with Crippen molar-refractivity contribution in [1.29, 1.82) is 0 Å². The molecule has 0 saturated heterocycles. The Balaban J connectivity index is 1.14. The van der Waals surface area contributed by atoms with Crippen LogP contribution in [0.2, 0.25) is 0 Å². The Morgan fingerprint density at radius 3 is 1.51 bits per heavy atom. The van der Waals surface area contributed by atoms with Crippen molar-refractivity contribution in [3.05, 3.63) is 199 Å². The van der Waals surface area contributed by atoms with Gasteiger partial charge >= 0.3 is 0 Å². The Morgan fingerprint density at radius 1 is 0.345 bits per heavy atom. The molecule has 5 nitrogen and oxygen atoms in total. The third-order valence-corrected chi connectivity index (χ3v) is 11.1. The summed E-state index contributed by atoms with van der Waals surface area (Å²) in [5.41, 5.74) is 12.6. The normalized spacial score (nSPS) is 11.6. The second-order valence-corrected chi connectivity index (χ2v) is 13.9. The summed E-state index contributed by atoms with van der Waals surface area (Å²) < 4.78 is 6.90. The summed E-state index contributed by atoms with van der Waals surface area (Å²) in [7, 11) is 0. The minimum absolute atomic E-state index is 0.548. The molecule has 0 aliphatic heterocycles. The maximum absolute atomic E-state index is 8.21. The number of benzene rings is 8. The van der Waals surface area contributed by atoms with Crippen LogP contribution in [0.15, 0.2) is 176 Å². The summed E-state index contributed by atoms with van der Waals surface area (Å²) in [6, 6.07) is 61.5. The molecular formula is C50H29N5. The van der Waals surface area contributed by atoms with Crippen molar-refractivity contribution in [2.24, 2.45) is 0 Å². The van der Waals surface area contributed by atoms with E-state index in [0.717, 1.165) is 61.0 Å². The molecule has 11 aromatic rings. The Hall–Kier alpha value is -7.86. The summed E-state index contributed by atoms with van der Waals surface area (Å²) in [6.45, 7) is 15.9. The van der Waals surface area contributed by atoms with Gasteiger partial charge in [-0.15, -0.1) is 0 Å². The lowest BCUT2D eigenvalue weighted by Crippen LogP contribution is -1.99. The molecule has 8 aromatic carbocycles. The monoisotopic (exact) mass is 699 g/mol. The summed E-state index contributed by atoms with van der Waals surface area (Å²) in [5.74, 6) is 0. The lowest BCUT2D eigenvalue weighted by Gasteiger charge is -2.17. The van der Waals surface area contributed by atoms with Crippen LogP contribution in [0.4, 0.5) is 11.4 Å². The summed E-state index contributed by atoms with van der Waals surface area (Å²) in [6.07, 6.45) is 0. The maximum Gasteiger partial charge on any atom is 0.210 e. The second-order valence-electron chi connectivity index (χ2n) is 13.9. The molecule has 0 fully saturated rings. The minimum atomic E-state index is 0.548. The van der Waals surface area contributed by atoms with Crippen LogP contribution in [0.3, 0.4) is 0 Å². The van der Waals surface area contributed by atoms with E-state index in [9.17, 15) is 0 Å². The van der Waals surface area contributed by atoms with Gasteiger partial charge in [0, 0.05) is 49.1 Å². The molecule has 0 bridgehead atoms. The first-order chi connectivity index (χ1) is 27.2. The van der Waals surface area contributed by atoms with Crippen molar-refractivity contribution in [2.75, 3.05) is 0 Å². The van der Waals surface area contributed by atoms with Crippen LogP contribution >= 0.6 is 0 Å². The van der Waals surface area contributed by atoms with E-state index < -0.39 is 0 Å². The molecule has 0 radical (unpaired) electrons. The number of para-hydroxylation sites is 5. The molecule has 0 spiro atoms. The topological polar surface area (TPSA) is 23.5 Å². The molecule has 254 valence electrons. The molecule has 3 aromatic heterocycles. The molecule has 0 aliphatic carbocycles. The van der Waals surface area contributed by atoms with Gasteiger partial charge in [-0.05, 0) is 66.2 Å². The average molecular weight is 700 g/mol. The van der Waals surface area contributed by atoms with E-state index in [1.54, 1.807) is 0 Å². The van der Waals surface area contributed by atoms with E-state index >= 15 is 0 Å². The van der Waals surface area contributed by atoms with E-state index in [1.165, 1.54) is 32.6 Å². The van der Waals surface area contributed by atoms with Crippen LogP contribution in [0.5, 0.6) is 0 Å². The first kappa shape index (κ1) is 30.7. The molecule has 5 heteroatoms. The number of hydrogen-bond acceptors (Lipinski definition) is 0. The smallest absolute Gasteiger partial charge is 0.210 e. The van der Waals surface area contributed by atoms with Gasteiger partial charge in [0.25, 0.3) is 0 Å². The average Bonchev–Trinajstić information content (AvgIpc) is 3.88. The number of aromatic nitrogens is 3. The van der Waals surface area contributed by atoms with Gasteiger partial charge in [-0.25, -0.2) is 9.69 Å². The van der Waals surface area contributed by atoms with Crippen LogP contribution in [0.25, 0.3) is 103 Å². The first-order valence-electron chi connectivity index (χ1n) is 18.3. The second kappa shape index (κ2) is 11.8. The van der Waals surface area contributed by atoms with Crippen LogP contribution in [0.1, 0.15) is 0 Å². The van der Waals surface area contributed by atoms with Gasteiger partial charge in [-0.1, -0.05) is 115 Å². The predicted octanol–water partition coefficient (Wildman–Crippen LogP) is 13.7. The summed E-state index contributed by atoms with van der Waals surface area (Å²) in [5, 5.41) is 6.97. The van der Waals surface area contributed by atoms with E-state index in [2.05, 4.69) is 163 Å². The number of hydrogen-bond donors (Lipinski definition) is 0. The molecule has 0 atom stereocenters. The van der Waals surface area contributed by atoms with Crippen molar-refractivity contribution in [3.63, 3.8) is 0 Å². The fourth-order valence-corrected chi connectivity index (χ4v) is 8.73. The highest BCUT2D eigenvalue weighted by Gasteiger charge is 2.20. The highest BCUT2D eigenvalue weighted by Crippen LogP contribution is 2.42. The van der Waals surface area contributed by atoms with Gasteiger partial charge < -0.3 is 13.7 Å². The Morgan fingerprint density at radius 2 is 0.873 bits per heavy atom. The molecule has 11 rings (SSSR count). The van der Waals surface area contributed by atoms with Gasteiger partial charge in [-0.3, -0.25) is 0 Å². The predicted molar refractivity (Wildman–Crippen MR) is 227 cm³/mol. The third-order valence-electron chi connectivity index (χ3n) is 11.1. The summed E-state index contributed by atoms with van der Waals surface area (Å²) in [4.78, 5) is 7.74. The SMILES string of the molecule is [C-]#[N+]c1ccc2c3ccccc3n(-c3cc(-c4ccccc4-n4c5ccccc5c5cc(-n6c7ccccc7c7ccccc76)ccc54)ccc3[N+]#[C-])c2c1. The molecule has 0 amide bonds. The standard InChI is InChI=1S/C50H29N5/c1-51-33-24-26-40-38-16-6-11-21-46(38)55(49(40)30-33)50-29-32(23-27-42(50)52-2)35-13-3-8-18-43(35)54-47-22-12-7-17-39(47)41-31-34(25-28-48(41)54)53-44-19-9-4-14-36(44)37-15-5-10-20-45(37)53/h3-31H. The third kappa shape index (κ3) is 4.45. The zero-order valence-corrected chi connectivity index (χ0v) is 29.5. The van der Waals surface area contributed by atoms with Gasteiger partial charge in [-0.2, -0.15) is 0 Å². The highest BCUT2D eigenvalue weighted by atomic mass is 15.0. The van der Waals surface area contributed by atoms with Crippen molar-refractivity contribution < 1.29 is 0 Å². The van der Waals surface area contributed by atoms with Crippen LogP contribution < -0.4 is 0 Å². The number of fused-ring (bicyclic) bond motifs is 9. The van der Waals surface area contributed by atoms with E-state index in [1.807, 2.05) is 36.4 Å². The van der Waals surface area contributed by atoms with E-state index in [0.29, 0.717) is 11.4 Å². The van der Waals surface area contributed by atoms with Gasteiger partial charge in [0.1, 0.15) is 0 Å². The molecule has 55 heavy (non-hydrogen) atoms. The largest absolute Gasteiger partial charge is 0.320 e. The minimum Gasteiger partial charge on any atom is -0.320 e. The molecule has 0 aliphatic rings. The lowest BCUT2D eigenvalue weighted by atomic mass is 10.0. The Kier molecular flexibility index (Phi) is 6.61. The van der Waals surface area contributed by atoms with Gasteiger partial charge in [0.05, 0.1) is 52.1 Å². The fraction of sp³-hybridized carbons (Fsp3) is 0. The quantitative estimate of drug-likeness (QED) is 0.163. The van der Waals surface area contributed by atoms with Crippen LogP contribution in [-0.2, 0) is 0 Å². The lowest BCUT2D eigenvalue weighted by molar-refractivity contribution is 1.16. The molecule has 0 saturated carbocycles. The van der Waals surface area contributed by atoms with E-state index in [4.69, 9.17) is 13.1 Å². The first-order valence-corrected chi connectivity index (χ1v) is 18.3. The van der Waals surface area contributed by atoms with Crippen molar-refractivity contribution >= 4 is 76.8 Å². The molecule has 3 heterocycles. The maximum atomic E-state index is 8.21. The zero-order valence-electron chi connectivity index (χ0n) is 29.5. The van der Waals surface area contributed by atoms with E-state index in [-0.39, 0.29) is 0 Å². The highest BCUT2D eigenvalue weighted by molar-refractivity contribution is 6.13. The van der Waals surface area contributed by atoms with Gasteiger partial charge in [0.15, 0.2) is 5.69 Å². The van der Waals surface area contributed by atoms with Crippen molar-refractivity contribution in [2.45, 2.75) is 0 Å².